The molecule has 0 amide bonds. The van der Waals surface area contributed by atoms with Crippen molar-refractivity contribution in [2.75, 3.05) is 19.0 Å². The van der Waals surface area contributed by atoms with Crippen molar-refractivity contribution in [1.29, 1.82) is 0 Å². The molecule has 90 valence electrons. The molecule has 0 aromatic heterocycles. The minimum absolute atomic E-state index is 0.0150. The van der Waals surface area contributed by atoms with Gasteiger partial charge in [-0.1, -0.05) is 20.8 Å². The molecule has 0 bridgehead atoms. The smallest absolute Gasteiger partial charge is 0.0477 e. The van der Waals surface area contributed by atoms with Gasteiger partial charge >= 0.3 is 0 Å². The molecule has 0 aromatic carbocycles. The summed E-state index contributed by atoms with van der Waals surface area (Å²) in [5.41, 5.74) is 6.08. The third-order valence-electron chi connectivity index (χ3n) is 3.00. The van der Waals surface area contributed by atoms with Gasteiger partial charge in [0.05, 0.1) is 0 Å². The van der Waals surface area contributed by atoms with Crippen molar-refractivity contribution in [3.8, 4) is 0 Å². The summed E-state index contributed by atoms with van der Waals surface area (Å²) in [4.78, 5) is 0. The summed E-state index contributed by atoms with van der Waals surface area (Å²) in [6.45, 7) is 7.79. The topological polar surface area (TPSA) is 52.3 Å². The van der Waals surface area contributed by atoms with Crippen molar-refractivity contribution in [2.45, 2.75) is 44.9 Å². The van der Waals surface area contributed by atoms with Crippen LogP contribution >= 0.6 is 0 Å². The molecular weight excluding hydrogens is 210 g/mol. The average molecular weight is 233 g/mol. The molecule has 4 heteroatoms. The molecule has 2 N–H and O–H groups in total. The van der Waals surface area contributed by atoms with Crippen LogP contribution in [0.5, 0.6) is 0 Å². The fourth-order valence-electron chi connectivity index (χ4n) is 1.50. The molecule has 1 rings (SSSR count). The van der Waals surface area contributed by atoms with Gasteiger partial charge in [0.15, 0.2) is 0 Å². The van der Waals surface area contributed by atoms with E-state index in [1.807, 2.05) is 0 Å². The van der Waals surface area contributed by atoms with E-state index in [9.17, 15) is 4.21 Å². The molecule has 1 fully saturated rings. The van der Waals surface area contributed by atoms with Gasteiger partial charge in [0, 0.05) is 41.1 Å². The number of rotatable bonds is 3. The molecule has 1 heterocycles. The lowest BCUT2D eigenvalue weighted by Crippen LogP contribution is -2.42. The van der Waals surface area contributed by atoms with Gasteiger partial charge in [-0.15, -0.1) is 0 Å². The Morgan fingerprint density at radius 2 is 1.93 bits per heavy atom. The van der Waals surface area contributed by atoms with Gasteiger partial charge in [-0.05, 0) is 18.3 Å². The van der Waals surface area contributed by atoms with Crippen LogP contribution in [-0.2, 0) is 15.5 Å². The van der Waals surface area contributed by atoms with Crippen LogP contribution in [0.2, 0.25) is 0 Å². The molecule has 3 nitrogen and oxygen atoms in total. The SMILES string of the molecule is CC(C)(C)C(N)CS(=O)C1CCOCC1. The zero-order valence-corrected chi connectivity index (χ0v) is 10.8. The summed E-state index contributed by atoms with van der Waals surface area (Å²) in [5.74, 6) is 0.619. The van der Waals surface area contributed by atoms with E-state index in [0.29, 0.717) is 11.0 Å². The van der Waals surface area contributed by atoms with Gasteiger partial charge in [-0.25, -0.2) is 0 Å². The van der Waals surface area contributed by atoms with Crippen molar-refractivity contribution in [2.24, 2.45) is 11.1 Å². The molecular formula is C11H23NO2S. The standard InChI is InChI=1S/C11H23NO2S/c1-11(2,3)10(12)8-15(13)9-4-6-14-7-5-9/h9-10H,4-8,12H2,1-3H3. The molecule has 0 spiro atoms. The largest absolute Gasteiger partial charge is 0.381 e. The lowest BCUT2D eigenvalue weighted by molar-refractivity contribution is 0.0991. The van der Waals surface area contributed by atoms with Crippen molar-refractivity contribution in [3.63, 3.8) is 0 Å². The van der Waals surface area contributed by atoms with Crippen LogP contribution in [-0.4, -0.2) is 34.5 Å². The second-order valence-corrected chi connectivity index (χ2v) is 7.09. The first-order valence-corrected chi connectivity index (χ1v) is 7.00. The Morgan fingerprint density at radius 1 is 1.40 bits per heavy atom. The zero-order chi connectivity index (χ0) is 11.5. The van der Waals surface area contributed by atoms with E-state index in [0.717, 1.165) is 26.1 Å². The molecule has 15 heavy (non-hydrogen) atoms. The number of nitrogens with two attached hydrogens (primary N) is 1. The molecule has 0 radical (unpaired) electrons. The molecule has 0 saturated carbocycles. The van der Waals surface area contributed by atoms with Gasteiger partial charge < -0.3 is 10.5 Å². The average Bonchev–Trinajstić information content (AvgIpc) is 2.17. The third kappa shape index (κ3) is 4.21. The van der Waals surface area contributed by atoms with Gasteiger partial charge in [-0.3, -0.25) is 4.21 Å². The maximum Gasteiger partial charge on any atom is 0.0477 e. The minimum atomic E-state index is -0.788. The first kappa shape index (κ1) is 13.1. The van der Waals surface area contributed by atoms with E-state index in [2.05, 4.69) is 20.8 Å². The summed E-state index contributed by atoms with van der Waals surface area (Å²) in [6.07, 6.45) is 1.84. The summed E-state index contributed by atoms with van der Waals surface area (Å²) in [6, 6.07) is 0.0150. The zero-order valence-electron chi connectivity index (χ0n) is 9.99. The quantitative estimate of drug-likeness (QED) is 0.799. The fourth-order valence-corrected chi connectivity index (χ4v) is 3.35. The first-order valence-electron chi connectivity index (χ1n) is 5.62. The Morgan fingerprint density at radius 3 is 2.40 bits per heavy atom. The van der Waals surface area contributed by atoms with E-state index in [1.54, 1.807) is 0 Å². The Balaban J connectivity index is 2.40. The van der Waals surface area contributed by atoms with E-state index >= 15 is 0 Å². The highest BCUT2D eigenvalue weighted by Gasteiger charge is 2.27. The predicted molar refractivity (Wildman–Crippen MR) is 64.3 cm³/mol. The fraction of sp³-hybridized carbons (Fsp3) is 1.00. The van der Waals surface area contributed by atoms with Crippen LogP contribution in [0.1, 0.15) is 33.6 Å². The highest BCUT2D eigenvalue weighted by molar-refractivity contribution is 7.85. The van der Waals surface area contributed by atoms with E-state index in [-0.39, 0.29) is 11.5 Å². The van der Waals surface area contributed by atoms with Crippen LogP contribution in [0.15, 0.2) is 0 Å². The summed E-state index contributed by atoms with van der Waals surface area (Å²) in [5, 5.41) is 0.298. The van der Waals surface area contributed by atoms with Crippen molar-refractivity contribution in [1.82, 2.24) is 0 Å². The van der Waals surface area contributed by atoms with Crippen molar-refractivity contribution >= 4 is 10.8 Å². The molecule has 2 atom stereocenters. The number of hydrogen-bond donors (Lipinski definition) is 1. The minimum Gasteiger partial charge on any atom is -0.381 e. The summed E-state index contributed by atoms with van der Waals surface area (Å²) >= 11 is 0. The first-order chi connectivity index (χ1) is 6.91. The highest BCUT2D eigenvalue weighted by Crippen LogP contribution is 2.21. The summed E-state index contributed by atoms with van der Waals surface area (Å²) in [7, 11) is -0.788. The molecule has 1 aliphatic rings. The maximum atomic E-state index is 12.0. The number of ether oxygens (including phenoxy) is 1. The van der Waals surface area contributed by atoms with E-state index < -0.39 is 10.8 Å². The van der Waals surface area contributed by atoms with Crippen LogP contribution in [0.25, 0.3) is 0 Å². The Hall–Kier alpha value is 0.0700. The monoisotopic (exact) mass is 233 g/mol. The Kier molecular flexibility index (Phi) is 4.74. The lowest BCUT2D eigenvalue weighted by Gasteiger charge is -2.29. The van der Waals surface area contributed by atoms with Gasteiger partial charge in [0.25, 0.3) is 0 Å². The third-order valence-corrected chi connectivity index (χ3v) is 4.90. The number of hydrogen-bond acceptors (Lipinski definition) is 3. The molecule has 1 saturated heterocycles. The van der Waals surface area contributed by atoms with Gasteiger partial charge in [0.1, 0.15) is 0 Å². The second-order valence-electron chi connectivity index (χ2n) is 5.33. The summed E-state index contributed by atoms with van der Waals surface area (Å²) < 4.78 is 17.3. The van der Waals surface area contributed by atoms with Crippen molar-refractivity contribution < 1.29 is 8.95 Å². The van der Waals surface area contributed by atoms with Crippen LogP contribution in [0.4, 0.5) is 0 Å². The van der Waals surface area contributed by atoms with E-state index in [4.69, 9.17) is 10.5 Å². The molecule has 2 unspecified atom stereocenters. The Labute approximate surface area is 95.2 Å². The van der Waals surface area contributed by atoms with Gasteiger partial charge in [-0.2, -0.15) is 0 Å². The normalized spacial score (nSPS) is 23.7. The van der Waals surface area contributed by atoms with Gasteiger partial charge in [0.2, 0.25) is 0 Å². The molecule has 1 aliphatic heterocycles. The molecule has 0 aromatic rings. The second kappa shape index (κ2) is 5.41. The molecule has 0 aliphatic carbocycles. The van der Waals surface area contributed by atoms with E-state index in [1.165, 1.54) is 0 Å². The van der Waals surface area contributed by atoms with Crippen LogP contribution in [0.3, 0.4) is 0 Å². The Bertz CT molecular complexity index is 219. The maximum absolute atomic E-state index is 12.0. The predicted octanol–water partition coefficient (Wildman–Crippen LogP) is 1.29. The van der Waals surface area contributed by atoms with Crippen molar-refractivity contribution in [3.05, 3.63) is 0 Å². The van der Waals surface area contributed by atoms with Crippen LogP contribution in [0, 0.1) is 5.41 Å². The van der Waals surface area contributed by atoms with Crippen LogP contribution < -0.4 is 5.73 Å². The highest BCUT2D eigenvalue weighted by atomic mass is 32.2. The lowest BCUT2D eigenvalue weighted by atomic mass is 9.89.